The fourth-order valence-electron chi connectivity index (χ4n) is 2.11. The van der Waals surface area contributed by atoms with Crippen LogP contribution in [0.4, 0.5) is 5.69 Å². The molecule has 2 aromatic carbocycles. The van der Waals surface area contributed by atoms with Gasteiger partial charge in [-0.05, 0) is 68.7 Å². The minimum absolute atomic E-state index is 0.405. The zero-order valence-electron chi connectivity index (χ0n) is 14.1. The van der Waals surface area contributed by atoms with E-state index in [4.69, 9.17) is 16.3 Å². The first-order valence-corrected chi connectivity index (χ1v) is 8.01. The molecule has 0 radical (unpaired) electrons. The molecule has 2 rings (SSSR count). The SMILES string of the molecule is Cc1ccc(C(=O)OC(C)C(=O)Nc2cc(Cl)ccc2C)cc1C. The number of carbonyl (C=O) groups is 2. The third-order valence-electron chi connectivity index (χ3n) is 3.85. The van der Waals surface area contributed by atoms with Crippen LogP contribution in [0.1, 0.15) is 34.0 Å². The van der Waals surface area contributed by atoms with E-state index in [1.807, 2.05) is 32.9 Å². The highest BCUT2D eigenvalue weighted by Gasteiger charge is 2.20. The Hall–Kier alpha value is -2.33. The molecule has 0 saturated carbocycles. The number of esters is 1. The molecule has 24 heavy (non-hydrogen) atoms. The Kier molecular flexibility index (Phi) is 5.62. The lowest BCUT2D eigenvalue weighted by Crippen LogP contribution is -2.30. The first-order valence-electron chi connectivity index (χ1n) is 7.63. The number of amides is 1. The highest BCUT2D eigenvalue weighted by atomic mass is 35.5. The first kappa shape index (κ1) is 18.0. The number of halogens is 1. The molecule has 1 atom stereocenters. The Morgan fingerprint density at radius 1 is 1.00 bits per heavy atom. The van der Waals surface area contributed by atoms with Crippen molar-refractivity contribution in [2.24, 2.45) is 0 Å². The van der Waals surface area contributed by atoms with Gasteiger partial charge in [-0.2, -0.15) is 0 Å². The fourth-order valence-corrected chi connectivity index (χ4v) is 2.29. The minimum Gasteiger partial charge on any atom is -0.449 e. The van der Waals surface area contributed by atoms with Crippen LogP contribution >= 0.6 is 11.6 Å². The van der Waals surface area contributed by atoms with Gasteiger partial charge in [-0.3, -0.25) is 4.79 Å². The molecule has 126 valence electrons. The fraction of sp³-hybridized carbons (Fsp3) is 0.263. The molecule has 1 N–H and O–H groups in total. The predicted molar refractivity (Wildman–Crippen MR) is 95.6 cm³/mol. The van der Waals surface area contributed by atoms with Gasteiger partial charge in [-0.15, -0.1) is 0 Å². The van der Waals surface area contributed by atoms with Gasteiger partial charge in [0, 0.05) is 10.7 Å². The van der Waals surface area contributed by atoms with Crippen LogP contribution in [0.3, 0.4) is 0 Å². The van der Waals surface area contributed by atoms with E-state index < -0.39 is 18.0 Å². The van der Waals surface area contributed by atoms with Crippen molar-refractivity contribution < 1.29 is 14.3 Å². The smallest absolute Gasteiger partial charge is 0.338 e. The van der Waals surface area contributed by atoms with Gasteiger partial charge in [0.05, 0.1) is 5.56 Å². The summed E-state index contributed by atoms with van der Waals surface area (Å²) in [5.74, 6) is -0.930. The van der Waals surface area contributed by atoms with Crippen molar-refractivity contribution in [2.45, 2.75) is 33.8 Å². The molecule has 0 saturated heterocycles. The predicted octanol–water partition coefficient (Wildman–Crippen LogP) is 4.45. The van der Waals surface area contributed by atoms with Crippen molar-refractivity contribution in [3.8, 4) is 0 Å². The number of aryl methyl sites for hydroxylation is 3. The van der Waals surface area contributed by atoms with Crippen LogP contribution in [-0.2, 0) is 9.53 Å². The number of ether oxygens (including phenoxy) is 1. The van der Waals surface area contributed by atoms with E-state index in [2.05, 4.69) is 5.32 Å². The molecule has 1 amide bonds. The molecule has 0 bridgehead atoms. The summed E-state index contributed by atoms with van der Waals surface area (Å²) in [7, 11) is 0. The van der Waals surface area contributed by atoms with E-state index in [0.717, 1.165) is 16.7 Å². The Morgan fingerprint density at radius 3 is 2.33 bits per heavy atom. The number of nitrogens with one attached hydrogen (secondary N) is 1. The van der Waals surface area contributed by atoms with Crippen LogP contribution in [0.15, 0.2) is 36.4 Å². The van der Waals surface area contributed by atoms with Gasteiger partial charge in [0.2, 0.25) is 0 Å². The number of carbonyl (C=O) groups excluding carboxylic acids is 2. The van der Waals surface area contributed by atoms with Crippen LogP contribution in [0.25, 0.3) is 0 Å². The summed E-state index contributed by atoms with van der Waals surface area (Å²) in [5, 5.41) is 3.25. The third kappa shape index (κ3) is 4.36. The van der Waals surface area contributed by atoms with Gasteiger partial charge < -0.3 is 10.1 Å². The molecule has 0 aliphatic rings. The summed E-state index contributed by atoms with van der Waals surface area (Å²) in [6.07, 6.45) is -0.919. The van der Waals surface area contributed by atoms with Gasteiger partial charge in [-0.25, -0.2) is 4.79 Å². The second-order valence-electron chi connectivity index (χ2n) is 5.80. The molecule has 0 aliphatic carbocycles. The second-order valence-corrected chi connectivity index (χ2v) is 6.23. The average Bonchev–Trinajstić information content (AvgIpc) is 2.53. The largest absolute Gasteiger partial charge is 0.449 e. The summed E-state index contributed by atoms with van der Waals surface area (Å²) in [4.78, 5) is 24.4. The molecule has 0 aromatic heterocycles. The van der Waals surface area contributed by atoms with Gasteiger partial charge in [-0.1, -0.05) is 23.7 Å². The standard InChI is InChI=1S/C19H20ClNO3/c1-11-5-7-15(9-13(11)3)19(23)24-14(4)18(22)21-17-10-16(20)8-6-12(17)2/h5-10,14H,1-4H3,(H,21,22). The Labute approximate surface area is 146 Å². The maximum atomic E-state index is 12.2. The molecule has 0 heterocycles. The normalized spacial score (nSPS) is 11.7. The number of hydrogen-bond donors (Lipinski definition) is 1. The van der Waals surface area contributed by atoms with Crippen molar-refractivity contribution in [2.75, 3.05) is 5.32 Å². The van der Waals surface area contributed by atoms with Crippen LogP contribution in [0, 0.1) is 20.8 Å². The summed E-state index contributed by atoms with van der Waals surface area (Å²) >= 11 is 5.94. The molecule has 0 spiro atoms. The highest BCUT2D eigenvalue weighted by Crippen LogP contribution is 2.20. The quantitative estimate of drug-likeness (QED) is 0.833. The summed E-state index contributed by atoms with van der Waals surface area (Å²) in [6, 6.07) is 10.5. The zero-order chi connectivity index (χ0) is 17.9. The van der Waals surface area contributed by atoms with Gasteiger partial charge in [0.1, 0.15) is 0 Å². The zero-order valence-corrected chi connectivity index (χ0v) is 14.9. The lowest BCUT2D eigenvalue weighted by atomic mass is 10.1. The summed E-state index contributed by atoms with van der Waals surface area (Å²) in [5.41, 5.74) is 3.99. The maximum absolute atomic E-state index is 12.2. The van der Waals surface area contributed by atoms with E-state index in [1.54, 1.807) is 24.3 Å². The monoisotopic (exact) mass is 345 g/mol. The highest BCUT2D eigenvalue weighted by molar-refractivity contribution is 6.31. The molecule has 2 aromatic rings. The molecular weight excluding hydrogens is 326 g/mol. The lowest BCUT2D eigenvalue weighted by Gasteiger charge is -2.15. The van der Waals surface area contributed by atoms with E-state index in [-0.39, 0.29) is 0 Å². The molecular formula is C19H20ClNO3. The molecule has 4 nitrogen and oxygen atoms in total. The van der Waals surface area contributed by atoms with Crippen molar-refractivity contribution in [1.29, 1.82) is 0 Å². The average molecular weight is 346 g/mol. The van der Waals surface area contributed by atoms with Gasteiger partial charge in [0.25, 0.3) is 5.91 Å². The molecule has 0 aliphatic heterocycles. The lowest BCUT2D eigenvalue weighted by molar-refractivity contribution is -0.123. The van der Waals surface area contributed by atoms with E-state index >= 15 is 0 Å². The molecule has 0 fully saturated rings. The van der Waals surface area contributed by atoms with Crippen LogP contribution in [0.5, 0.6) is 0 Å². The number of anilines is 1. The van der Waals surface area contributed by atoms with Crippen molar-refractivity contribution in [3.63, 3.8) is 0 Å². The number of benzene rings is 2. The molecule has 5 heteroatoms. The van der Waals surface area contributed by atoms with Crippen molar-refractivity contribution >= 4 is 29.2 Å². The van der Waals surface area contributed by atoms with Crippen LogP contribution < -0.4 is 5.32 Å². The minimum atomic E-state index is -0.919. The molecule has 1 unspecified atom stereocenters. The summed E-state index contributed by atoms with van der Waals surface area (Å²) < 4.78 is 5.25. The van der Waals surface area contributed by atoms with Crippen LogP contribution in [0.2, 0.25) is 5.02 Å². The van der Waals surface area contributed by atoms with Gasteiger partial charge in [0.15, 0.2) is 6.10 Å². The maximum Gasteiger partial charge on any atom is 0.338 e. The topological polar surface area (TPSA) is 55.4 Å². The second kappa shape index (κ2) is 7.49. The Balaban J connectivity index is 2.04. The number of hydrogen-bond acceptors (Lipinski definition) is 3. The van der Waals surface area contributed by atoms with E-state index in [0.29, 0.717) is 16.3 Å². The van der Waals surface area contributed by atoms with E-state index in [1.165, 1.54) is 6.92 Å². The van der Waals surface area contributed by atoms with Crippen molar-refractivity contribution in [3.05, 3.63) is 63.7 Å². The van der Waals surface area contributed by atoms with Crippen molar-refractivity contribution in [1.82, 2.24) is 0 Å². The summed E-state index contributed by atoms with van der Waals surface area (Å²) in [6.45, 7) is 7.28. The third-order valence-corrected chi connectivity index (χ3v) is 4.09. The first-order chi connectivity index (χ1) is 11.3. The van der Waals surface area contributed by atoms with Crippen LogP contribution in [-0.4, -0.2) is 18.0 Å². The Bertz CT molecular complexity index is 786. The van der Waals surface area contributed by atoms with Gasteiger partial charge >= 0.3 is 5.97 Å². The Morgan fingerprint density at radius 2 is 1.67 bits per heavy atom. The van der Waals surface area contributed by atoms with E-state index in [9.17, 15) is 9.59 Å². The number of rotatable bonds is 4.